The lowest BCUT2D eigenvalue weighted by atomic mass is 9.92. The van der Waals surface area contributed by atoms with Gasteiger partial charge in [0.1, 0.15) is 6.04 Å². The minimum absolute atomic E-state index is 0.0497. The maximum absolute atomic E-state index is 14.7. The summed E-state index contributed by atoms with van der Waals surface area (Å²) in [6.45, 7) is 3.11. The number of amides is 6. The van der Waals surface area contributed by atoms with E-state index in [1.807, 2.05) is 29.2 Å². The number of benzene rings is 2. The van der Waals surface area contributed by atoms with E-state index >= 15 is 0 Å². The van der Waals surface area contributed by atoms with Crippen LogP contribution in [-0.2, 0) is 53.8 Å². The zero-order chi connectivity index (χ0) is 44.6. The van der Waals surface area contributed by atoms with E-state index in [4.69, 9.17) is 5.10 Å². The SMILES string of the molecule is CNC(=O)N1CCc2c(c(N3CCCc4cc(-c5cnn(C)c5)c(C(F)F)cc43)nn2C2CCN(C(=O)CCCCCCc3cccc4c3CN(C3CCC(=O)NC3=O)C4=O)CC2)C1. The first-order valence-corrected chi connectivity index (χ1v) is 22.8. The normalized spacial score (nSPS) is 19.0. The van der Waals surface area contributed by atoms with Crippen LogP contribution in [0.5, 0.6) is 0 Å². The topological polar surface area (TPSA) is 158 Å². The third-order valence-electron chi connectivity index (χ3n) is 13.9. The van der Waals surface area contributed by atoms with Crippen LogP contribution < -0.4 is 15.5 Å². The molecule has 0 radical (unpaired) electrons. The number of piperidine rings is 2. The number of anilines is 2. The van der Waals surface area contributed by atoms with E-state index in [2.05, 4.69) is 25.3 Å². The van der Waals surface area contributed by atoms with E-state index in [9.17, 15) is 32.8 Å². The number of halogens is 2. The van der Waals surface area contributed by atoms with Crippen LogP contribution in [0.25, 0.3) is 11.1 Å². The highest BCUT2D eigenvalue weighted by Crippen LogP contribution is 2.44. The van der Waals surface area contributed by atoms with Gasteiger partial charge in [-0.1, -0.05) is 25.0 Å². The third-order valence-corrected chi connectivity index (χ3v) is 13.9. The number of nitrogens with zero attached hydrogens (tertiary/aromatic N) is 8. The Hall–Kier alpha value is -6.13. The largest absolute Gasteiger partial charge is 0.343 e. The van der Waals surface area contributed by atoms with Crippen LogP contribution in [0.15, 0.2) is 42.7 Å². The zero-order valence-corrected chi connectivity index (χ0v) is 36.6. The number of aryl methyl sites for hydroxylation is 3. The quantitative estimate of drug-likeness (QED) is 0.127. The number of urea groups is 1. The number of nitrogens with one attached hydrogen (secondary N) is 2. The summed E-state index contributed by atoms with van der Waals surface area (Å²) < 4.78 is 33.2. The standard InChI is InChI=1S/C47H56F2N10O5/c1-50-47(64)56-22-18-38-37(27-56)44(57-19-8-11-30-23-34(31-25-51-54(2)26-31)35(43(48)49)24-40(30)57)53-59(38)32-16-20-55(21-17-32)42(61)13-6-4-3-5-9-29-10-7-12-33-36(29)28-58(46(33)63)39-14-15-41(60)52-45(39)62/h7,10,12,23-26,32,39,43H,3-6,8-9,11,13-22,27-28H2,1-2H3,(H,50,64)(H,52,60,62). The first kappa shape index (κ1) is 43.1. The summed E-state index contributed by atoms with van der Waals surface area (Å²) >= 11 is 0. The molecule has 1 unspecified atom stereocenters. The fraction of sp³-hybridized carbons (Fsp3) is 0.511. The van der Waals surface area contributed by atoms with Gasteiger partial charge in [-0.15, -0.1) is 0 Å². The highest BCUT2D eigenvalue weighted by Gasteiger charge is 2.40. The molecule has 9 rings (SSSR count). The van der Waals surface area contributed by atoms with Crippen LogP contribution in [0.1, 0.15) is 121 Å². The lowest BCUT2D eigenvalue weighted by Crippen LogP contribution is -2.52. The van der Waals surface area contributed by atoms with Crippen LogP contribution in [0.2, 0.25) is 0 Å². The summed E-state index contributed by atoms with van der Waals surface area (Å²) in [5, 5.41) is 14.6. The monoisotopic (exact) mass is 878 g/mol. The molecule has 64 heavy (non-hydrogen) atoms. The molecule has 2 aromatic carbocycles. The molecule has 5 aliphatic heterocycles. The molecule has 0 saturated carbocycles. The molecule has 6 amide bonds. The predicted octanol–water partition coefficient (Wildman–Crippen LogP) is 6.12. The van der Waals surface area contributed by atoms with Crippen LogP contribution in [0, 0.1) is 0 Å². The van der Waals surface area contributed by atoms with Crippen molar-refractivity contribution in [3.63, 3.8) is 0 Å². The summed E-state index contributed by atoms with van der Waals surface area (Å²) in [4.78, 5) is 71.1. The number of alkyl halides is 2. The van der Waals surface area contributed by atoms with Crippen molar-refractivity contribution >= 4 is 41.2 Å². The number of aromatic nitrogens is 4. The molecule has 5 aliphatic rings. The van der Waals surface area contributed by atoms with Crippen molar-refractivity contribution in [1.29, 1.82) is 0 Å². The van der Waals surface area contributed by atoms with E-state index in [1.165, 1.54) is 0 Å². The second-order valence-corrected chi connectivity index (χ2v) is 17.8. The molecule has 0 bridgehead atoms. The Labute approximate surface area is 371 Å². The van der Waals surface area contributed by atoms with Gasteiger partial charge in [0.15, 0.2) is 5.82 Å². The van der Waals surface area contributed by atoms with Gasteiger partial charge in [-0.05, 0) is 91.8 Å². The Kier molecular flexibility index (Phi) is 12.2. The molecule has 0 aliphatic carbocycles. The van der Waals surface area contributed by atoms with E-state index in [1.54, 1.807) is 47.0 Å². The summed E-state index contributed by atoms with van der Waals surface area (Å²) in [7, 11) is 3.39. The first-order valence-electron chi connectivity index (χ1n) is 22.8. The zero-order valence-electron chi connectivity index (χ0n) is 36.6. The van der Waals surface area contributed by atoms with Crippen LogP contribution in [0.4, 0.5) is 25.1 Å². The molecule has 15 nitrogen and oxygen atoms in total. The molecular formula is C47H56F2N10O5. The number of rotatable bonds is 12. The molecule has 2 saturated heterocycles. The van der Waals surface area contributed by atoms with Crippen molar-refractivity contribution < 1.29 is 32.8 Å². The minimum Gasteiger partial charge on any atom is -0.343 e. The predicted molar refractivity (Wildman–Crippen MR) is 234 cm³/mol. The maximum Gasteiger partial charge on any atom is 0.317 e. The number of hydrogen-bond acceptors (Lipinski definition) is 8. The van der Waals surface area contributed by atoms with Gasteiger partial charge in [-0.3, -0.25) is 33.9 Å². The number of unbranched alkanes of at least 4 members (excludes halogenated alkanes) is 3. The van der Waals surface area contributed by atoms with Crippen molar-refractivity contribution in [3.05, 3.63) is 81.8 Å². The molecule has 338 valence electrons. The molecule has 2 N–H and O–H groups in total. The Balaban J connectivity index is 0.817. The van der Waals surface area contributed by atoms with Crippen molar-refractivity contribution in [1.82, 2.24) is 44.9 Å². The second kappa shape index (κ2) is 18.2. The molecule has 0 spiro atoms. The summed E-state index contributed by atoms with van der Waals surface area (Å²) in [6.07, 6.45) is 9.76. The summed E-state index contributed by atoms with van der Waals surface area (Å²) in [5.74, 6) is -0.0149. The number of imide groups is 1. The van der Waals surface area contributed by atoms with Crippen molar-refractivity contribution in [2.45, 2.75) is 115 Å². The van der Waals surface area contributed by atoms with Gasteiger partial charge in [-0.2, -0.15) is 10.2 Å². The van der Waals surface area contributed by atoms with Crippen LogP contribution in [-0.4, -0.2) is 103 Å². The fourth-order valence-corrected chi connectivity index (χ4v) is 10.5. The van der Waals surface area contributed by atoms with Gasteiger partial charge in [0.05, 0.1) is 18.8 Å². The number of carbonyl (C=O) groups is 5. The number of hydrogen-bond donors (Lipinski definition) is 2. The second-order valence-electron chi connectivity index (χ2n) is 17.8. The molecule has 4 aromatic rings. The first-order chi connectivity index (χ1) is 31.0. The smallest absolute Gasteiger partial charge is 0.317 e. The van der Waals surface area contributed by atoms with E-state index < -0.39 is 18.4 Å². The van der Waals surface area contributed by atoms with Gasteiger partial charge >= 0.3 is 6.03 Å². The van der Waals surface area contributed by atoms with Gasteiger partial charge in [0.25, 0.3) is 12.3 Å². The van der Waals surface area contributed by atoms with Gasteiger partial charge in [0, 0.05) is 106 Å². The van der Waals surface area contributed by atoms with Crippen molar-refractivity contribution in [3.8, 4) is 11.1 Å². The average molecular weight is 879 g/mol. The molecule has 7 heterocycles. The Bertz CT molecular complexity index is 2470. The highest BCUT2D eigenvalue weighted by molar-refractivity contribution is 6.05. The molecule has 1 atom stereocenters. The molecular weight excluding hydrogens is 823 g/mol. The number of carbonyl (C=O) groups excluding carboxylic acids is 5. The fourth-order valence-electron chi connectivity index (χ4n) is 10.5. The molecule has 2 fully saturated rings. The number of fused-ring (bicyclic) bond motifs is 3. The van der Waals surface area contributed by atoms with Crippen LogP contribution in [0.3, 0.4) is 0 Å². The van der Waals surface area contributed by atoms with Gasteiger partial charge < -0.3 is 24.9 Å². The summed E-state index contributed by atoms with van der Waals surface area (Å²) in [5.41, 5.74) is 7.47. The Morgan fingerprint density at radius 3 is 2.47 bits per heavy atom. The van der Waals surface area contributed by atoms with Crippen molar-refractivity contribution in [2.24, 2.45) is 7.05 Å². The van der Waals surface area contributed by atoms with Crippen LogP contribution >= 0.6 is 0 Å². The van der Waals surface area contributed by atoms with Gasteiger partial charge in [0.2, 0.25) is 17.7 Å². The highest BCUT2D eigenvalue weighted by atomic mass is 19.3. The molecule has 2 aromatic heterocycles. The molecule has 17 heteroatoms. The Morgan fingerprint density at radius 2 is 1.72 bits per heavy atom. The number of likely N-dealkylation sites (tertiary alicyclic amines) is 1. The van der Waals surface area contributed by atoms with E-state index in [-0.39, 0.29) is 41.8 Å². The Morgan fingerprint density at radius 1 is 0.906 bits per heavy atom. The van der Waals surface area contributed by atoms with E-state index in [0.29, 0.717) is 81.0 Å². The third kappa shape index (κ3) is 8.36. The average Bonchev–Trinajstić information content (AvgIpc) is 4.01. The lowest BCUT2D eigenvalue weighted by molar-refractivity contribution is -0.137. The lowest BCUT2D eigenvalue weighted by Gasteiger charge is -2.34. The maximum atomic E-state index is 14.7. The van der Waals surface area contributed by atoms with Gasteiger partial charge in [-0.25, -0.2) is 13.6 Å². The van der Waals surface area contributed by atoms with Crippen molar-refractivity contribution in [2.75, 3.05) is 38.1 Å². The van der Waals surface area contributed by atoms with E-state index in [0.717, 1.165) is 91.4 Å². The minimum atomic E-state index is -2.69. The summed E-state index contributed by atoms with van der Waals surface area (Å²) in [6, 6.07) is 8.50.